The summed E-state index contributed by atoms with van der Waals surface area (Å²) in [6.07, 6.45) is 9.67. The second kappa shape index (κ2) is 7.75. The summed E-state index contributed by atoms with van der Waals surface area (Å²) in [6.45, 7) is 3.22. The van der Waals surface area contributed by atoms with Crippen LogP contribution in [0.5, 0.6) is 5.88 Å². The molecule has 174 valence electrons. The summed E-state index contributed by atoms with van der Waals surface area (Å²) in [6, 6.07) is 1.53. The molecule has 2 aliphatic heterocycles. The van der Waals surface area contributed by atoms with Crippen molar-refractivity contribution in [1.29, 1.82) is 0 Å². The lowest BCUT2D eigenvalue weighted by atomic mass is 9.52. The number of ether oxygens (including phenoxy) is 1. The summed E-state index contributed by atoms with van der Waals surface area (Å²) >= 11 is 0. The molecular formula is C24H35N5O3. The van der Waals surface area contributed by atoms with Crippen molar-refractivity contribution in [1.82, 2.24) is 15.3 Å². The number of carboxylic acid groups (broad SMARTS) is 1. The molecule has 0 aromatic carbocycles. The zero-order chi connectivity index (χ0) is 21.9. The highest BCUT2D eigenvalue weighted by Crippen LogP contribution is 2.56. The van der Waals surface area contributed by atoms with Gasteiger partial charge in [-0.3, -0.25) is 4.79 Å². The van der Waals surface area contributed by atoms with Crippen molar-refractivity contribution < 1.29 is 14.6 Å². The Morgan fingerprint density at radius 1 is 1.16 bits per heavy atom. The summed E-state index contributed by atoms with van der Waals surface area (Å²) < 4.78 is 6.24. The highest BCUT2D eigenvalue weighted by atomic mass is 16.5. The van der Waals surface area contributed by atoms with E-state index in [2.05, 4.69) is 20.2 Å². The highest BCUT2D eigenvalue weighted by Gasteiger charge is 2.48. The normalized spacial score (nSPS) is 37.2. The van der Waals surface area contributed by atoms with E-state index in [1.165, 1.54) is 32.1 Å². The number of hydrogen-bond acceptors (Lipinski definition) is 7. The summed E-state index contributed by atoms with van der Waals surface area (Å²) in [4.78, 5) is 22.4. The number of aromatic nitrogens is 2. The van der Waals surface area contributed by atoms with Crippen molar-refractivity contribution in [3.63, 3.8) is 0 Å². The number of carbonyl (C=O) groups is 1. The highest BCUT2D eigenvalue weighted by molar-refractivity contribution is 5.74. The molecule has 4 N–H and O–H groups in total. The Balaban J connectivity index is 1.09. The zero-order valence-corrected chi connectivity index (χ0v) is 18.7. The first-order chi connectivity index (χ1) is 15.5. The van der Waals surface area contributed by atoms with Crippen molar-refractivity contribution in [3.8, 4) is 5.88 Å². The fourth-order valence-corrected chi connectivity index (χ4v) is 7.84. The van der Waals surface area contributed by atoms with Crippen molar-refractivity contribution in [2.75, 3.05) is 36.9 Å². The van der Waals surface area contributed by atoms with Gasteiger partial charge in [-0.1, -0.05) is 0 Å². The number of carboxylic acids is 1. The minimum atomic E-state index is -0.742. The maximum absolute atomic E-state index is 11.3. The molecular weight excluding hydrogens is 406 g/mol. The molecule has 3 heterocycles. The number of aliphatic carboxylic acids is 1. The number of rotatable bonds is 5. The molecule has 2 saturated heterocycles. The molecule has 32 heavy (non-hydrogen) atoms. The van der Waals surface area contributed by atoms with Crippen molar-refractivity contribution in [2.24, 2.45) is 35.0 Å². The first-order valence-electron chi connectivity index (χ1n) is 12.4. The molecule has 0 amide bonds. The van der Waals surface area contributed by atoms with Crippen LogP contribution in [0.2, 0.25) is 0 Å². The fourth-order valence-electron chi connectivity index (χ4n) is 7.84. The minimum Gasteiger partial charge on any atom is -0.480 e. The van der Waals surface area contributed by atoms with Gasteiger partial charge in [0, 0.05) is 25.7 Å². The monoisotopic (exact) mass is 441 g/mol. The van der Waals surface area contributed by atoms with E-state index < -0.39 is 12.0 Å². The summed E-state index contributed by atoms with van der Waals surface area (Å²) in [5, 5.41) is 12.5. The average Bonchev–Trinajstić information content (AvgIpc) is 3.17. The second-order valence-corrected chi connectivity index (χ2v) is 11.3. The molecule has 0 radical (unpaired) electrons. The van der Waals surface area contributed by atoms with E-state index in [4.69, 9.17) is 10.5 Å². The number of hydrogen-bond donors (Lipinski definition) is 3. The molecule has 1 atom stereocenters. The van der Waals surface area contributed by atoms with Crippen molar-refractivity contribution in [3.05, 3.63) is 6.07 Å². The number of nitrogen functional groups attached to an aromatic ring is 1. The first-order valence-corrected chi connectivity index (χ1v) is 12.4. The van der Waals surface area contributed by atoms with Gasteiger partial charge in [0.05, 0.1) is 6.61 Å². The molecule has 1 unspecified atom stereocenters. The van der Waals surface area contributed by atoms with Crippen LogP contribution in [-0.2, 0) is 4.79 Å². The van der Waals surface area contributed by atoms with Gasteiger partial charge >= 0.3 is 5.97 Å². The van der Waals surface area contributed by atoms with Gasteiger partial charge in [-0.25, -0.2) is 0 Å². The van der Waals surface area contributed by atoms with Gasteiger partial charge in [0.1, 0.15) is 11.9 Å². The topological polar surface area (TPSA) is 114 Å². The molecule has 6 fully saturated rings. The fraction of sp³-hybridized carbons (Fsp3) is 0.792. The molecule has 8 nitrogen and oxygen atoms in total. The smallest absolute Gasteiger partial charge is 0.320 e. The first kappa shape index (κ1) is 20.5. The van der Waals surface area contributed by atoms with E-state index >= 15 is 0 Å². The number of piperidine rings is 1. The lowest BCUT2D eigenvalue weighted by Gasteiger charge is -2.54. The molecule has 6 aliphatic rings. The van der Waals surface area contributed by atoms with Crippen LogP contribution in [0.1, 0.15) is 51.4 Å². The molecule has 8 heteroatoms. The third-order valence-corrected chi connectivity index (χ3v) is 9.36. The molecule has 1 spiro atoms. The van der Waals surface area contributed by atoms with Crippen molar-refractivity contribution >= 4 is 17.7 Å². The van der Waals surface area contributed by atoms with E-state index in [-0.39, 0.29) is 11.4 Å². The van der Waals surface area contributed by atoms with E-state index in [1.807, 2.05) is 6.07 Å². The molecule has 4 bridgehead atoms. The molecule has 7 rings (SSSR count). The predicted octanol–water partition coefficient (Wildman–Crippen LogP) is 2.54. The van der Waals surface area contributed by atoms with Gasteiger partial charge in [0.15, 0.2) is 0 Å². The van der Waals surface area contributed by atoms with Crippen LogP contribution >= 0.6 is 0 Å². The Morgan fingerprint density at radius 2 is 1.84 bits per heavy atom. The van der Waals surface area contributed by atoms with E-state index in [0.29, 0.717) is 18.2 Å². The minimum absolute atomic E-state index is 0.0803. The van der Waals surface area contributed by atoms with Crippen LogP contribution in [-0.4, -0.2) is 53.3 Å². The van der Waals surface area contributed by atoms with Crippen LogP contribution in [0.15, 0.2) is 6.07 Å². The standard InChI is InChI=1S/C24H35N5O3/c25-23-27-20(29-3-1-24(2-4-29)11-19(22(30)31)26-13-24)10-21(28-23)32-12-18-16-6-14-5-15(8-16)9-17(18)7-14/h10,14-19,26H,1-9,11-13H2,(H,30,31)(H2,25,27,28). The molecule has 4 aliphatic carbocycles. The van der Waals surface area contributed by atoms with Gasteiger partial charge in [-0.2, -0.15) is 9.97 Å². The lowest BCUT2D eigenvalue weighted by molar-refractivity contribution is -0.139. The lowest BCUT2D eigenvalue weighted by Crippen LogP contribution is -2.47. The molecule has 1 aromatic heterocycles. The summed E-state index contributed by atoms with van der Waals surface area (Å²) in [5.74, 6) is 5.20. The van der Waals surface area contributed by atoms with Crippen LogP contribution < -0.4 is 20.7 Å². The van der Waals surface area contributed by atoms with E-state index in [9.17, 15) is 9.90 Å². The maximum atomic E-state index is 11.3. The summed E-state index contributed by atoms with van der Waals surface area (Å²) in [7, 11) is 0. The van der Waals surface area contributed by atoms with Gasteiger partial charge < -0.3 is 25.8 Å². The van der Waals surface area contributed by atoms with Crippen LogP contribution in [0.4, 0.5) is 11.8 Å². The zero-order valence-electron chi connectivity index (χ0n) is 18.7. The third-order valence-electron chi connectivity index (χ3n) is 9.36. The third kappa shape index (κ3) is 3.70. The van der Waals surface area contributed by atoms with Gasteiger partial charge in [0.2, 0.25) is 11.8 Å². The SMILES string of the molecule is Nc1nc(OCC2C3CC4CC(C3)CC2C4)cc(N2CCC3(CC2)CNC(C(=O)O)C3)n1. The van der Waals surface area contributed by atoms with Gasteiger partial charge in [-0.05, 0) is 86.4 Å². The van der Waals surface area contributed by atoms with Crippen LogP contribution in [0.3, 0.4) is 0 Å². The summed E-state index contributed by atoms with van der Waals surface area (Å²) in [5.41, 5.74) is 6.13. The Bertz CT molecular complexity index is 856. The number of nitrogens with zero attached hydrogens (tertiary/aromatic N) is 3. The number of nitrogens with two attached hydrogens (primary N) is 1. The van der Waals surface area contributed by atoms with Gasteiger partial charge in [0.25, 0.3) is 0 Å². The largest absolute Gasteiger partial charge is 0.480 e. The molecule has 1 aromatic rings. The van der Waals surface area contributed by atoms with Crippen LogP contribution in [0, 0.1) is 35.0 Å². The Labute approximate surface area is 189 Å². The van der Waals surface area contributed by atoms with E-state index in [0.717, 1.165) is 68.6 Å². The number of nitrogens with one attached hydrogen (secondary N) is 1. The quantitative estimate of drug-likeness (QED) is 0.639. The Hall–Kier alpha value is -2.09. The van der Waals surface area contributed by atoms with Gasteiger partial charge in [-0.15, -0.1) is 0 Å². The van der Waals surface area contributed by atoms with E-state index in [1.54, 1.807) is 0 Å². The van der Waals surface area contributed by atoms with Crippen molar-refractivity contribution in [2.45, 2.75) is 57.4 Å². The second-order valence-electron chi connectivity index (χ2n) is 11.3. The average molecular weight is 442 g/mol. The number of anilines is 2. The Morgan fingerprint density at radius 3 is 2.47 bits per heavy atom. The Kier molecular flexibility index (Phi) is 4.97. The maximum Gasteiger partial charge on any atom is 0.320 e. The van der Waals surface area contributed by atoms with Crippen LogP contribution in [0.25, 0.3) is 0 Å². The molecule has 4 saturated carbocycles. The predicted molar refractivity (Wildman–Crippen MR) is 120 cm³/mol.